The highest BCUT2D eigenvalue weighted by Gasteiger charge is 2.26. The van der Waals surface area contributed by atoms with Crippen LogP contribution in [0.15, 0.2) is 18.2 Å². The minimum absolute atomic E-state index is 0.0239. The molecule has 0 amide bonds. The van der Waals surface area contributed by atoms with E-state index < -0.39 is 0 Å². The zero-order valence-electron chi connectivity index (χ0n) is 10.1. The minimum Gasteiger partial charge on any atom is -0.497 e. The lowest BCUT2D eigenvalue weighted by molar-refractivity contribution is 0.0846. The van der Waals surface area contributed by atoms with Crippen molar-refractivity contribution < 1.29 is 14.3 Å². The highest BCUT2D eigenvalue weighted by molar-refractivity contribution is 7.98. The number of rotatable bonds is 4. The molecule has 92 valence electrons. The third kappa shape index (κ3) is 2.75. The first-order valence-electron chi connectivity index (χ1n) is 5.61. The van der Waals surface area contributed by atoms with E-state index in [0.29, 0.717) is 23.5 Å². The minimum atomic E-state index is 0.0239. The van der Waals surface area contributed by atoms with Gasteiger partial charge in [0, 0.05) is 6.42 Å². The molecule has 1 aromatic carbocycles. The van der Waals surface area contributed by atoms with Crippen molar-refractivity contribution in [3.63, 3.8) is 0 Å². The van der Waals surface area contributed by atoms with Crippen molar-refractivity contribution in [1.82, 2.24) is 0 Å². The summed E-state index contributed by atoms with van der Waals surface area (Å²) < 4.78 is 10.9. The van der Waals surface area contributed by atoms with Crippen LogP contribution in [0, 0.1) is 0 Å². The summed E-state index contributed by atoms with van der Waals surface area (Å²) in [6.07, 6.45) is 3.47. The highest BCUT2D eigenvalue weighted by Crippen LogP contribution is 2.31. The van der Waals surface area contributed by atoms with E-state index in [1.165, 1.54) is 0 Å². The number of fused-ring (bicyclic) bond motifs is 1. The van der Waals surface area contributed by atoms with Gasteiger partial charge in [0.2, 0.25) is 0 Å². The molecule has 1 aromatic rings. The number of hydrogen-bond donors (Lipinski definition) is 0. The standard InChI is InChI=1S/C13H16O3S/c1-15-9-3-4-13-11(7-9)12(14)8-10(16-13)5-6-17-2/h3-4,7,10H,5-6,8H2,1-2H3. The van der Waals surface area contributed by atoms with Crippen LogP contribution in [0.25, 0.3) is 0 Å². The summed E-state index contributed by atoms with van der Waals surface area (Å²) in [6.45, 7) is 0. The van der Waals surface area contributed by atoms with Crippen LogP contribution >= 0.6 is 11.8 Å². The van der Waals surface area contributed by atoms with Crippen LogP contribution in [-0.2, 0) is 0 Å². The summed E-state index contributed by atoms with van der Waals surface area (Å²) in [5, 5.41) is 0. The molecule has 0 aromatic heterocycles. The molecule has 0 bridgehead atoms. The fraction of sp³-hybridized carbons (Fsp3) is 0.462. The summed E-state index contributed by atoms with van der Waals surface area (Å²) in [5.41, 5.74) is 0.643. The SMILES string of the molecule is COc1ccc2c(c1)C(=O)CC(CCSC)O2. The van der Waals surface area contributed by atoms with E-state index in [9.17, 15) is 4.79 Å². The molecular formula is C13H16O3S. The van der Waals surface area contributed by atoms with Crippen LogP contribution < -0.4 is 9.47 Å². The maximum atomic E-state index is 12.0. The molecule has 0 saturated carbocycles. The molecule has 0 radical (unpaired) electrons. The number of carbonyl (C=O) groups is 1. The Morgan fingerprint density at radius 3 is 3.06 bits per heavy atom. The second-order valence-corrected chi connectivity index (χ2v) is 5.00. The first-order valence-corrected chi connectivity index (χ1v) is 7.01. The zero-order chi connectivity index (χ0) is 12.3. The molecule has 1 aliphatic heterocycles. The molecule has 1 unspecified atom stereocenters. The van der Waals surface area contributed by atoms with Gasteiger partial charge in [-0.3, -0.25) is 4.79 Å². The van der Waals surface area contributed by atoms with Gasteiger partial charge in [-0.1, -0.05) is 0 Å². The number of carbonyl (C=O) groups excluding carboxylic acids is 1. The molecule has 0 saturated heterocycles. The lowest BCUT2D eigenvalue weighted by Crippen LogP contribution is -2.27. The summed E-state index contributed by atoms with van der Waals surface area (Å²) in [7, 11) is 1.59. The molecule has 1 atom stereocenters. The Hall–Kier alpha value is -1.16. The Kier molecular flexibility index (Phi) is 3.94. The normalized spacial score (nSPS) is 18.5. The highest BCUT2D eigenvalue weighted by atomic mass is 32.2. The Morgan fingerprint density at radius 1 is 1.53 bits per heavy atom. The zero-order valence-corrected chi connectivity index (χ0v) is 10.9. The Balaban J connectivity index is 2.17. The predicted molar refractivity (Wildman–Crippen MR) is 69.4 cm³/mol. The molecule has 4 heteroatoms. The largest absolute Gasteiger partial charge is 0.497 e. The van der Waals surface area contributed by atoms with E-state index in [2.05, 4.69) is 6.26 Å². The summed E-state index contributed by atoms with van der Waals surface area (Å²) >= 11 is 1.77. The topological polar surface area (TPSA) is 35.5 Å². The second-order valence-electron chi connectivity index (χ2n) is 4.01. The Labute approximate surface area is 105 Å². The third-order valence-electron chi connectivity index (χ3n) is 2.84. The summed E-state index contributed by atoms with van der Waals surface area (Å²) in [4.78, 5) is 12.0. The van der Waals surface area contributed by atoms with Gasteiger partial charge >= 0.3 is 0 Å². The molecule has 0 N–H and O–H groups in total. The molecule has 2 rings (SSSR count). The van der Waals surface area contributed by atoms with Crippen molar-refractivity contribution in [3.8, 4) is 11.5 Å². The number of benzene rings is 1. The van der Waals surface area contributed by atoms with Gasteiger partial charge in [0.05, 0.1) is 12.7 Å². The van der Waals surface area contributed by atoms with Crippen LogP contribution in [0.4, 0.5) is 0 Å². The van der Waals surface area contributed by atoms with E-state index in [-0.39, 0.29) is 11.9 Å². The van der Waals surface area contributed by atoms with Crippen LogP contribution in [0.5, 0.6) is 11.5 Å². The van der Waals surface area contributed by atoms with Gasteiger partial charge in [-0.2, -0.15) is 11.8 Å². The lowest BCUT2D eigenvalue weighted by atomic mass is 9.99. The van der Waals surface area contributed by atoms with Gasteiger partial charge in [-0.15, -0.1) is 0 Å². The number of methoxy groups -OCH3 is 1. The first kappa shape index (κ1) is 12.3. The van der Waals surface area contributed by atoms with Crippen molar-refractivity contribution >= 4 is 17.5 Å². The maximum absolute atomic E-state index is 12.0. The number of Topliss-reactive ketones (excluding diaryl/α,β-unsaturated/α-hetero) is 1. The molecule has 1 heterocycles. The van der Waals surface area contributed by atoms with Gasteiger partial charge in [0.25, 0.3) is 0 Å². The van der Waals surface area contributed by atoms with E-state index in [1.807, 2.05) is 12.1 Å². The van der Waals surface area contributed by atoms with Gasteiger partial charge in [-0.25, -0.2) is 0 Å². The number of thioether (sulfide) groups is 1. The Bertz CT molecular complexity index is 417. The number of ketones is 1. The first-order chi connectivity index (χ1) is 8.24. The van der Waals surface area contributed by atoms with Crippen LogP contribution in [0.1, 0.15) is 23.2 Å². The molecule has 1 aliphatic rings. The number of ether oxygens (including phenoxy) is 2. The molecule has 3 nitrogen and oxygen atoms in total. The summed E-state index contributed by atoms with van der Waals surface area (Å²) in [6, 6.07) is 5.39. The van der Waals surface area contributed by atoms with E-state index in [4.69, 9.17) is 9.47 Å². The molecule has 0 aliphatic carbocycles. The van der Waals surface area contributed by atoms with Gasteiger partial charge in [0.1, 0.15) is 17.6 Å². The van der Waals surface area contributed by atoms with Crippen molar-refractivity contribution in [2.24, 2.45) is 0 Å². The third-order valence-corrected chi connectivity index (χ3v) is 3.48. The lowest BCUT2D eigenvalue weighted by Gasteiger charge is -2.25. The average molecular weight is 252 g/mol. The fourth-order valence-corrected chi connectivity index (χ4v) is 2.40. The maximum Gasteiger partial charge on any atom is 0.170 e. The van der Waals surface area contributed by atoms with E-state index in [1.54, 1.807) is 24.9 Å². The Morgan fingerprint density at radius 2 is 2.35 bits per heavy atom. The molecule has 0 spiro atoms. The van der Waals surface area contributed by atoms with Crippen molar-refractivity contribution in [1.29, 1.82) is 0 Å². The van der Waals surface area contributed by atoms with Crippen molar-refractivity contribution in [2.45, 2.75) is 18.9 Å². The van der Waals surface area contributed by atoms with Gasteiger partial charge in [0.15, 0.2) is 5.78 Å². The molecule has 17 heavy (non-hydrogen) atoms. The predicted octanol–water partition coefficient (Wildman–Crippen LogP) is 2.78. The molecular weight excluding hydrogens is 236 g/mol. The number of hydrogen-bond acceptors (Lipinski definition) is 4. The second kappa shape index (κ2) is 5.45. The summed E-state index contributed by atoms with van der Waals surface area (Å²) in [5.74, 6) is 2.55. The van der Waals surface area contributed by atoms with Gasteiger partial charge < -0.3 is 9.47 Å². The molecule has 0 fully saturated rings. The van der Waals surface area contributed by atoms with E-state index in [0.717, 1.165) is 12.2 Å². The average Bonchev–Trinajstić information content (AvgIpc) is 2.36. The van der Waals surface area contributed by atoms with Crippen molar-refractivity contribution in [2.75, 3.05) is 19.1 Å². The van der Waals surface area contributed by atoms with E-state index >= 15 is 0 Å². The van der Waals surface area contributed by atoms with Crippen LogP contribution in [-0.4, -0.2) is 31.0 Å². The van der Waals surface area contributed by atoms with Gasteiger partial charge in [-0.05, 0) is 36.6 Å². The quantitative estimate of drug-likeness (QED) is 0.825. The smallest absolute Gasteiger partial charge is 0.170 e. The van der Waals surface area contributed by atoms with Crippen LogP contribution in [0.2, 0.25) is 0 Å². The monoisotopic (exact) mass is 252 g/mol. The van der Waals surface area contributed by atoms with Crippen LogP contribution in [0.3, 0.4) is 0 Å². The fourth-order valence-electron chi connectivity index (χ4n) is 1.90. The van der Waals surface area contributed by atoms with Crippen molar-refractivity contribution in [3.05, 3.63) is 23.8 Å².